The van der Waals surface area contributed by atoms with Gasteiger partial charge in [-0.05, 0) is 49.9 Å². The third-order valence-electron chi connectivity index (χ3n) is 8.91. The number of imide groups is 1. The van der Waals surface area contributed by atoms with Gasteiger partial charge in [0.2, 0.25) is 5.91 Å². The Kier molecular flexibility index (Phi) is 8.38. The minimum Gasteiger partial charge on any atom is -0.491 e. The van der Waals surface area contributed by atoms with Gasteiger partial charge >= 0.3 is 5.97 Å². The summed E-state index contributed by atoms with van der Waals surface area (Å²) in [6, 6.07) is 12.9. The molecule has 3 aromatic rings. The van der Waals surface area contributed by atoms with Gasteiger partial charge in [0.1, 0.15) is 18.1 Å². The van der Waals surface area contributed by atoms with E-state index in [4.69, 9.17) is 9.26 Å². The van der Waals surface area contributed by atoms with Gasteiger partial charge in [-0.3, -0.25) is 28.9 Å². The molecule has 2 aliphatic heterocycles. The molecular weight excluding hydrogens is 580 g/mol. The van der Waals surface area contributed by atoms with Crippen LogP contribution in [0.25, 0.3) is 0 Å². The van der Waals surface area contributed by atoms with E-state index >= 15 is 0 Å². The average Bonchev–Trinajstić information content (AvgIpc) is 3.59. The number of aromatic nitrogens is 1. The zero-order valence-corrected chi connectivity index (χ0v) is 24.9. The van der Waals surface area contributed by atoms with Crippen molar-refractivity contribution in [2.45, 2.75) is 45.1 Å². The van der Waals surface area contributed by atoms with Crippen molar-refractivity contribution in [3.8, 4) is 5.75 Å². The minimum absolute atomic E-state index is 0.0937. The molecule has 12 heteroatoms. The number of ether oxygens (including phenoxy) is 1. The van der Waals surface area contributed by atoms with Crippen LogP contribution in [0.1, 0.15) is 79.8 Å². The first kappa shape index (κ1) is 30.0. The molecule has 0 saturated heterocycles. The van der Waals surface area contributed by atoms with Crippen LogP contribution in [0, 0.1) is 18.8 Å². The smallest absolute Gasteiger partial charge is 0.307 e. The summed E-state index contributed by atoms with van der Waals surface area (Å²) in [5.74, 6) is -3.11. The third-order valence-corrected chi connectivity index (χ3v) is 8.91. The van der Waals surface area contributed by atoms with Crippen molar-refractivity contribution in [3.05, 3.63) is 82.2 Å². The maximum atomic E-state index is 14.2. The highest BCUT2D eigenvalue weighted by Gasteiger charge is 2.45. The number of hydrogen-bond acceptors (Lipinski definition) is 8. The predicted molar refractivity (Wildman–Crippen MR) is 159 cm³/mol. The third kappa shape index (κ3) is 5.79. The van der Waals surface area contributed by atoms with E-state index in [0.29, 0.717) is 54.0 Å². The van der Waals surface area contributed by atoms with Gasteiger partial charge in [-0.1, -0.05) is 42.3 Å². The average molecular weight is 615 g/mol. The monoisotopic (exact) mass is 614 g/mol. The lowest BCUT2D eigenvalue weighted by Crippen LogP contribution is -2.50. The molecule has 1 aromatic heterocycles. The number of carboxylic acids is 1. The molecule has 1 unspecified atom stereocenters. The normalized spacial score (nSPS) is 20.9. The Bertz CT molecular complexity index is 1630. The lowest BCUT2D eigenvalue weighted by atomic mass is 9.77. The fraction of sp³-hybridized carbons (Fsp3) is 0.394. The molecule has 6 rings (SSSR count). The SMILES string of the molecule is Cc1cc(C(=O)NCCOc2cccc3c2[C@@H](CN2C(=O)c4ccccc4C2=O)N(C(=O)C2CCCC[C@H]2C(=O)O)CC3)no1. The van der Waals surface area contributed by atoms with Gasteiger partial charge in [0.05, 0.1) is 42.1 Å². The van der Waals surface area contributed by atoms with Crippen LogP contribution >= 0.6 is 0 Å². The lowest BCUT2D eigenvalue weighted by molar-refractivity contribution is -0.153. The second-order valence-corrected chi connectivity index (χ2v) is 11.7. The van der Waals surface area contributed by atoms with Crippen LogP contribution in [-0.2, 0) is 16.0 Å². The van der Waals surface area contributed by atoms with Gasteiger partial charge in [-0.2, -0.15) is 0 Å². The molecule has 1 saturated carbocycles. The molecule has 4 amide bonds. The minimum atomic E-state index is -0.991. The highest BCUT2D eigenvalue weighted by atomic mass is 16.5. The van der Waals surface area contributed by atoms with Crippen molar-refractivity contribution in [2.24, 2.45) is 11.8 Å². The number of rotatable bonds is 9. The number of nitrogens with one attached hydrogen (secondary N) is 1. The number of carboxylic acid groups (broad SMARTS) is 1. The van der Waals surface area contributed by atoms with E-state index in [0.717, 1.165) is 23.3 Å². The highest BCUT2D eigenvalue weighted by Crippen LogP contribution is 2.41. The molecule has 12 nitrogen and oxygen atoms in total. The summed E-state index contributed by atoms with van der Waals surface area (Å²) in [5, 5.41) is 16.4. The van der Waals surface area contributed by atoms with Crippen LogP contribution in [0.3, 0.4) is 0 Å². The molecule has 1 aliphatic carbocycles. The van der Waals surface area contributed by atoms with Crippen molar-refractivity contribution < 1.29 is 38.3 Å². The Morgan fingerprint density at radius 3 is 2.40 bits per heavy atom. The maximum Gasteiger partial charge on any atom is 0.307 e. The number of fused-ring (bicyclic) bond motifs is 2. The number of aryl methyl sites for hydroxylation is 1. The van der Waals surface area contributed by atoms with Crippen molar-refractivity contribution >= 4 is 29.6 Å². The second kappa shape index (κ2) is 12.5. The lowest BCUT2D eigenvalue weighted by Gasteiger charge is -2.42. The van der Waals surface area contributed by atoms with Crippen LogP contribution in [0.4, 0.5) is 0 Å². The van der Waals surface area contributed by atoms with E-state index in [2.05, 4.69) is 10.5 Å². The van der Waals surface area contributed by atoms with Crippen molar-refractivity contribution in [1.29, 1.82) is 0 Å². The Balaban J connectivity index is 1.29. The van der Waals surface area contributed by atoms with E-state index in [1.165, 1.54) is 6.07 Å². The predicted octanol–water partition coefficient (Wildman–Crippen LogP) is 3.40. The standard InChI is InChI=1S/C33H34N4O8/c1-19-17-25(35-45-19)29(38)34-14-16-44-27-12-6-7-20-13-15-36(30(39)23-10-4-5-11-24(23)33(42)43)26(28(20)27)18-37-31(40)21-8-2-3-9-22(21)32(37)41/h2-3,6-9,12,17,23-24,26H,4-5,10-11,13-16,18H2,1H3,(H,34,38)(H,42,43)/t23?,24-,26-/m1/s1. The van der Waals surface area contributed by atoms with Crippen molar-refractivity contribution in [1.82, 2.24) is 20.3 Å². The Hall–Kier alpha value is -5.00. The van der Waals surface area contributed by atoms with Gasteiger partial charge in [0, 0.05) is 18.2 Å². The molecule has 2 aromatic carbocycles. The van der Waals surface area contributed by atoms with E-state index in [1.54, 1.807) is 42.2 Å². The zero-order chi connectivity index (χ0) is 31.7. The first-order chi connectivity index (χ1) is 21.7. The number of hydrogen-bond donors (Lipinski definition) is 2. The summed E-state index contributed by atoms with van der Waals surface area (Å²) < 4.78 is 11.1. The Labute approximate surface area is 259 Å². The van der Waals surface area contributed by atoms with Gasteiger partial charge in [-0.25, -0.2) is 0 Å². The summed E-state index contributed by atoms with van der Waals surface area (Å²) in [7, 11) is 0. The molecule has 0 bridgehead atoms. The Morgan fingerprint density at radius 1 is 1.02 bits per heavy atom. The number of carbonyl (C=O) groups excluding carboxylic acids is 4. The quantitative estimate of drug-likeness (QED) is 0.272. The summed E-state index contributed by atoms with van der Waals surface area (Å²) >= 11 is 0. The summed E-state index contributed by atoms with van der Waals surface area (Å²) in [6.45, 7) is 2.13. The highest BCUT2D eigenvalue weighted by molar-refractivity contribution is 6.21. The molecule has 234 valence electrons. The number of benzene rings is 2. The summed E-state index contributed by atoms with van der Waals surface area (Å²) in [6.07, 6.45) is 2.87. The van der Waals surface area contributed by atoms with Gasteiger partial charge in [0.15, 0.2) is 5.69 Å². The fourth-order valence-electron chi connectivity index (χ4n) is 6.72. The summed E-state index contributed by atoms with van der Waals surface area (Å²) in [5.41, 5.74) is 2.32. The maximum absolute atomic E-state index is 14.2. The number of carbonyl (C=O) groups is 5. The zero-order valence-electron chi connectivity index (χ0n) is 24.9. The van der Waals surface area contributed by atoms with Crippen LogP contribution in [0.15, 0.2) is 53.1 Å². The van der Waals surface area contributed by atoms with E-state index in [-0.39, 0.29) is 31.3 Å². The van der Waals surface area contributed by atoms with Gasteiger partial charge in [-0.15, -0.1) is 0 Å². The first-order valence-electron chi connectivity index (χ1n) is 15.2. The van der Waals surface area contributed by atoms with Crippen LogP contribution in [0.5, 0.6) is 5.75 Å². The van der Waals surface area contributed by atoms with E-state index < -0.39 is 41.6 Å². The molecule has 0 radical (unpaired) electrons. The van der Waals surface area contributed by atoms with Crippen LogP contribution in [0.2, 0.25) is 0 Å². The van der Waals surface area contributed by atoms with Gasteiger partial charge in [0.25, 0.3) is 17.7 Å². The molecular formula is C33H34N4O8. The fourth-order valence-corrected chi connectivity index (χ4v) is 6.72. The molecule has 1 fully saturated rings. The van der Waals surface area contributed by atoms with Crippen LogP contribution in [-0.4, -0.2) is 75.9 Å². The second-order valence-electron chi connectivity index (χ2n) is 11.7. The number of aliphatic carboxylic acids is 1. The molecule has 2 N–H and O–H groups in total. The summed E-state index contributed by atoms with van der Waals surface area (Å²) in [4.78, 5) is 68.4. The molecule has 3 aliphatic rings. The van der Waals surface area contributed by atoms with Gasteiger partial charge < -0.3 is 24.6 Å². The molecule has 0 spiro atoms. The largest absolute Gasteiger partial charge is 0.491 e. The van der Waals surface area contributed by atoms with Crippen LogP contribution < -0.4 is 10.1 Å². The van der Waals surface area contributed by atoms with Crippen molar-refractivity contribution in [3.63, 3.8) is 0 Å². The number of nitrogens with zero attached hydrogens (tertiary/aromatic N) is 3. The first-order valence-corrected chi connectivity index (χ1v) is 15.2. The molecule has 3 heterocycles. The van der Waals surface area contributed by atoms with Crippen molar-refractivity contribution in [2.75, 3.05) is 26.2 Å². The van der Waals surface area contributed by atoms with E-state index in [1.807, 2.05) is 12.1 Å². The topological polar surface area (TPSA) is 159 Å². The van der Waals surface area contributed by atoms with E-state index in [9.17, 15) is 29.1 Å². The molecule has 45 heavy (non-hydrogen) atoms. The Morgan fingerprint density at radius 2 is 1.73 bits per heavy atom. The number of amides is 4. The molecule has 3 atom stereocenters.